The van der Waals surface area contributed by atoms with Crippen LogP contribution in [0.4, 0.5) is 17.1 Å². The summed E-state index contributed by atoms with van der Waals surface area (Å²) in [5, 5.41) is 14.6. The lowest BCUT2D eigenvalue weighted by molar-refractivity contribution is -0.132. The Hall–Kier alpha value is -4.78. The minimum atomic E-state index is -0.922. The third-order valence-electron chi connectivity index (χ3n) is 6.38. The van der Waals surface area contributed by atoms with E-state index >= 15 is 0 Å². The molecule has 7 heteroatoms. The Bertz CT molecular complexity index is 1470. The highest BCUT2D eigenvalue weighted by Gasteiger charge is 2.48. The van der Waals surface area contributed by atoms with Crippen molar-refractivity contribution >= 4 is 34.5 Å². The number of para-hydroxylation sites is 1. The zero-order valence-corrected chi connectivity index (χ0v) is 21.2. The molecule has 1 aliphatic heterocycles. The molecule has 2 N–H and O–H groups in total. The third-order valence-corrected chi connectivity index (χ3v) is 6.38. The van der Waals surface area contributed by atoms with Crippen LogP contribution in [0.2, 0.25) is 0 Å². The van der Waals surface area contributed by atoms with Crippen molar-refractivity contribution in [2.24, 2.45) is 0 Å². The molecule has 1 aliphatic rings. The van der Waals surface area contributed by atoms with Gasteiger partial charge in [-0.15, -0.1) is 0 Å². The number of anilines is 3. The number of carbonyl (C=O) groups is 2. The molecule has 1 fully saturated rings. The number of Topliss-reactive ketones (excluding diaryl/α,β-unsaturated/α-hetero) is 1. The van der Waals surface area contributed by atoms with Crippen LogP contribution in [0.3, 0.4) is 0 Å². The lowest BCUT2D eigenvalue weighted by atomic mass is 9.98. The molecule has 1 atom stereocenters. The van der Waals surface area contributed by atoms with Crippen LogP contribution in [0.15, 0.2) is 101 Å². The Labute approximate surface area is 221 Å². The Morgan fingerprint density at radius 2 is 1.71 bits per heavy atom. The Morgan fingerprint density at radius 3 is 2.37 bits per heavy atom. The zero-order chi connectivity index (χ0) is 26.6. The lowest BCUT2D eigenvalue weighted by Crippen LogP contribution is -2.29. The predicted octanol–water partition coefficient (Wildman–Crippen LogP) is 6.75. The summed E-state index contributed by atoms with van der Waals surface area (Å²) in [6.07, 6.45) is 2.35. The summed E-state index contributed by atoms with van der Waals surface area (Å²) >= 11 is 0. The van der Waals surface area contributed by atoms with Gasteiger partial charge in [-0.1, -0.05) is 25.1 Å². The van der Waals surface area contributed by atoms with Crippen molar-refractivity contribution in [2.45, 2.75) is 26.3 Å². The largest absolute Gasteiger partial charge is 0.507 e. The van der Waals surface area contributed by atoms with Gasteiger partial charge in [-0.05, 0) is 85.6 Å². The van der Waals surface area contributed by atoms with Crippen LogP contribution in [0, 0.1) is 6.92 Å². The van der Waals surface area contributed by atoms with E-state index in [0.29, 0.717) is 29.4 Å². The first-order chi connectivity index (χ1) is 18.5. The number of ketones is 1. The molecule has 7 nitrogen and oxygen atoms in total. The normalized spacial score (nSPS) is 16.6. The average Bonchev–Trinajstić information content (AvgIpc) is 3.55. The maximum atomic E-state index is 13.3. The van der Waals surface area contributed by atoms with Crippen molar-refractivity contribution in [3.8, 4) is 5.75 Å². The molecule has 3 aromatic carbocycles. The molecule has 1 aromatic heterocycles. The van der Waals surface area contributed by atoms with Crippen molar-refractivity contribution < 1.29 is 23.8 Å². The Morgan fingerprint density at radius 1 is 0.974 bits per heavy atom. The van der Waals surface area contributed by atoms with Crippen LogP contribution in [-0.4, -0.2) is 23.4 Å². The number of nitrogens with one attached hydrogen (secondary N) is 1. The molecule has 5 rings (SSSR count). The summed E-state index contributed by atoms with van der Waals surface area (Å²) in [4.78, 5) is 28.0. The monoisotopic (exact) mass is 508 g/mol. The summed E-state index contributed by atoms with van der Waals surface area (Å²) in [5.41, 5.74) is 3.46. The van der Waals surface area contributed by atoms with Gasteiger partial charge in [-0.2, -0.15) is 0 Å². The summed E-state index contributed by atoms with van der Waals surface area (Å²) in [7, 11) is 0. The fraction of sp³-hybridized carbons (Fsp3) is 0.161. The van der Waals surface area contributed by atoms with E-state index in [1.807, 2.05) is 56.3 Å². The maximum absolute atomic E-state index is 13.3. The molecular formula is C31H28N2O5. The zero-order valence-electron chi connectivity index (χ0n) is 21.2. The van der Waals surface area contributed by atoms with E-state index in [-0.39, 0.29) is 11.3 Å². The number of amides is 1. The van der Waals surface area contributed by atoms with Gasteiger partial charge in [0.1, 0.15) is 23.3 Å². The second kappa shape index (κ2) is 10.7. The number of aryl methyl sites for hydroxylation is 1. The Kier molecular flexibility index (Phi) is 7.00. The maximum Gasteiger partial charge on any atom is 0.300 e. The first-order valence-corrected chi connectivity index (χ1v) is 12.5. The summed E-state index contributed by atoms with van der Waals surface area (Å²) < 4.78 is 11.4. The van der Waals surface area contributed by atoms with Crippen LogP contribution < -0.4 is 15.0 Å². The number of furan rings is 1. The molecule has 0 bridgehead atoms. The van der Waals surface area contributed by atoms with E-state index < -0.39 is 17.7 Å². The van der Waals surface area contributed by atoms with Gasteiger partial charge in [0.2, 0.25) is 0 Å². The van der Waals surface area contributed by atoms with Gasteiger partial charge in [-0.25, -0.2) is 0 Å². The molecule has 2 heterocycles. The third kappa shape index (κ3) is 4.78. The van der Waals surface area contributed by atoms with Crippen molar-refractivity contribution in [1.82, 2.24) is 0 Å². The van der Waals surface area contributed by atoms with Crippen LogP contribution >= 0.6 is 0 Å². The number of nitrogens with zero attached hydrogens (tertiary/aromatic N) is 1. The van der Waals surface area contributed by atoms with Crippen molar-refractivity contribution in [2.75, 3.05) is 16.8 Å². The van der Waals surface area contributed by atoms with E-state index in [4.69, 9.17) is 9.15 Å². The first-order valence-electron chi connectivity index (χ1n) is 12.5. The van der Waals surface area contributed by atoms with Crippen molar-refractivity contribution in [3.63, 3.8) is 0 Å². The number of aliphatic hydroxyl groups is 1. The standard InChI is InChI=1S/C31H28N2O5/c1-3-17-37-25-16-11-21(19-20(25)2)29(34)27-28(26-10-7-18-38-26)33(31(36)30(27)35)24-14-12-23(13-15-24)32-22-8-5-4-6-9-22/h4-16,18-19,28,32,34H,3,17H2,1-2H3/b29-27-. The minimum absolute atomic E-state index is 0.0296. The summed E-state index contributed by atoms with van der Waals surface area (Å²) in [6, 6.07) is 24.6. The van der Waals surface area contributed by atoms with Crippen LogP contribution in [0.1, 0.15) is 36.3 Å². The number of ether oxygens (including phenoxy) is 1. The van der Waals surface area contributed by atoms with Gasteiger partial charge < -0.3 is 19.6 Å². The second-order valence-electron chi connectivity index (χ2n) is 9.05. The molecule has 0 saturated carbocycles. The highest BCUT2D eigenvalue weighted by Crippen LogP contribution is 2.43. The van der Waals surface area contributed by atoms with Crippen molar-refractivity contribution in [1.29, 1.82) is 0 Å². The first kappa shape index (κ1) is 24.9. The van der Waals surface area contributed by atoms with Crippen LogP contribution in [0.25, 0.3) is 5.76 Å². The number of rotatable bonds is 8. The van der Waals surface area contributed by atoms with E-state index in [0.717, 1.165) is 23.4 Å². The summed E-state index contributed by atoms with van der Waals surface area (Å²) in [5.74, 6) is -0.706. The van der Waals surface area contributed by atoms with E-state index in [1.54, 1.807) is 42.5 Å². The van der Waals surface area contributed by atoms with Gasteiger partial charge in [0.15, 0.2) is 0 Å². The van der Waals surface area contributed by atoms with E-state index in [9.17, 15) is 14.7 Å². The predicted molar refractivity (Wildman–Crippen MR) is 147 cm³/mol. The quantitative estimate of drug-likeness (QED) is 0.155. The molecule has 1 amide bonds. The molecule has 0 spiro atoms. The molecule has 4 aromatic rings. The molecule has 0 aliphatic carbocycles. The fourth-order valence-electron chi connectivity index (χ4n) is 4.53. The van der Waals surface area contributed by atoms with Gasteiger partial charge in [-0.3, -0.25) is 14.5 Å². The number of aliphatic hydroxyl groups excluding tert-OH is 1. The molecule has 38 heavy (non-hydrogen) atoms. The fourth-order valence-corrected chi connectivity index (χ4v) is 4.53. The lowest BCUT2D eigenvalue weighted by Gasteiger charge is -2.23. The molecule has 1 saturated heterocycles. The van der Waals surface area contributed by atoms with Gasteiger partial charge in [0.05, 0.1) is 18.4 Å². The molecular weight excluding hydrogens is 480 g/mol. The smallest absolute Gasteiger partial charge is 0.300 e. The highest BCUT2D eigenvalue weighted by atomic mass is 16.5. The highest BCUT2D eigenvalue weighted by molar-refractivity contribution is 6.51. The molecule has 0 radical (unpaired) electrons. The number of hydrogen-bond donors (Lipinski definition) is 2. The van der Waals surface area contributed by atoms with Gasteiger partial charge in [0, 0.05) is 22.6 Å². The van der Waals surface area contributed by atoms with Crippen LogP contribution in [0.5, 0.6) is 5.75 Å². The van der Waals surface area contributed by atoms with Crippen molar-refractivity contribution in [3.05, 3.63) is 114 Å². The van der Waals surface area contributed by atoms with E-state index in [2.05, 4.69) is 5.32 Å². The van der Waals surface area contributed by atoms with Gasteiger partial charge >= 0.3 is 0 Å². The minimum Gasteiger partial charge on any atom is -0.507 e. The average molecular weight is 509 g/mol. The topological polar surface area (TPSA) is 92.0 Å². The van der Waals surface area contributed by atoms with E-state index in [1.165, 1.54) is 11.2 Å². The molecule has 1 unspecified atom stereocenters. The number of carbonyl (C=O) groups excluding carboxylic acids is 2. The molecule has 192 valence electrons. The SMILES string of the molecule is CCCOc1ccc(/C(O)=C2/C(=O)C(=O)N(c3ccc(Nc4ccccc4)cc3)C2c2ccco2)cc1C. The van der Waals surface area contributed by atoms with Crippen LogP contribution in [-0.2, 0) is 9.59 Å². The second-order valence-corrected chi connectivity index (χ2v) is 9.05. The number of hydrogen-bond acceptors (Lipinski definition) is 6. The summed E-state index contributed by atoms with van der Waals surface area (Å²) in [6.45, 7) is 4.47. The Balaban J connectivity index is 1.52. The number of benzene rings is 3. The van der Waals surface area contributed by atoms with Gasteiger partial charge in [0.25, 0.3) is 11.7 Å².